The second-order valence-corrected chi connectivity index (χ2v) is 6.62. The van der Waals surface area contributed by atoms with Crippen LogP contribution < -0.4 is 0 Å². The fourth-order valence-electron chi connectivity index (χ4n) is 2.22. The van der Waals surface area contributed by atoms with Crippen LogP contribution in [0.1, 0.15) is 59.3 Å². The van der Waals surface area contributed by atoms with Gasteiger partial charge >= 0.3 is 5.97 Å². The van der Waals surface area contributed by atoms with Crippen molar-refractivity contribution in [2.75, 3.05) is 0 Å². The number of carbonyl (C=O) groups is 3. The van der Waals surface area contributed by atoms with Gasteiger partial charge in [-0.15, -0.1) is 0 Å². The first-order valence-corrected chi connectivity index (χ1v) is 7.10. The van der Waals surface area contributed by atoms with Crippen molar-refractivity contribution in [2.45, 2.75) is 65.4 Å². The summed E-state index contributed by atoms with van der Waals surface area (Å²) in [5.41, 5.74) is 0.651. The normalized spacial score (nSPS) is 19.2. The highest BCUT2D eigenvalue weighted by Gasteiger charge is 2.31. The van der Waals surface area contributed by atoms with Gasteiger partial charge in [0.25, 0.3) is 0 Å². The molecular weight excluding hydrogens is 256 g/mol. The van der Waals surface area contributed by atoms with Gasteiger partial charge in [0.2, 0.25) is 0 Å². The van der Waals surface area contributed by atoms with Crippen LogP contribution in [0.4, 0.5) is 0 Å². The molecule has 1 aliphatic rings. The van der Waals surface area contributed by atoms with E-state index in [0.717, 1.165) is 0 Å². The van der Waals surface area contributed by atoms with Crippen LogP contribution in [0.15, 0.2) is 12.2 Å². The maximum absolute atomic E-state index is 11.7. The summed E-state index contributed by atoms with van der Waals surface area (Å²) in [5.74, 6) is -0.339. The molecule has 1 aliphatic carbocycles. The Bertz CT molecular complexity index is 399. The molecule has 0 radical (unpaired) electrons. The Hall–Kier alpha value is -1.45. The lowest BCUT2D eigenvalue weighted by atomic mass is 9.88. The number of ether oxygens (including phenoxy) is 1. The van der Waals surface area contributed by atoms with E-state index in [1.165, 1.54) is 0 Å². The van der Waals surface area contributed by atoms with Crippen LogP contribution in [0.5, 0.6) is 0 Å². The summed E-state index contributed by atoms with van der Waals surface area (Å²) >= 11 is 0. The van der Waals surface area contributed by atoms with Gasteiger partial charge in [0.1, 0.15) is 5.78 Å². The zero-order valence-electron chi connectivity index (χ0n) is 12.7. The third-order valence-corrected chi connectivity index (χ3v) is 3.17. The first-order chi connectivity index (χ1) is 9.19. The van der Waals surface area contributed by atoms with E-state index < -0.39 is 12.1 Å². The summed E-state index contributed by atoms with van der Waals surface area (Å²) in [4.78, 5) is 34.8. The maximum atomic E-state index is 11.7. The molecule has 1 saturated carbocycles. The van der Waals surface area contributed by atoms with Crippen molar-refractivity contribution in [3.05, 3.63) is 12.2 Å². The Morgan fingerprint density at radius 3 is 2.40 bits per heavy atom. The van der Waals surface area contributed by atoms with Gasteiger partial charge in [0, 0.05) is 25.7 Å². The molecule has 20 heavy (non-hydrogen) atoms. The fourth-order valence-corrected chi connectivity index (χ4v) is 2.22. The average molecular weight is 280 g/mol. The molecule has 1 atom stereocenters. The van der Waals surface area contributed by atoms with E-state index in [4.69, 9.17) is 4.74 Å². The molecule has 0 spiro atoms. The van der Waals surface area contributed by atoms with Crippen LogP contribution in [-0.4, -0.2) is 23.6 Å². The van der Waals surface area contributed by atoms with Crippen molar-refractivity contribution in [3.8, 4) is 0 Å². The van der Waals surface area contributed by atoms with Gasteiger partial charge in [-0.25, -0.2) is 0 Å². The lowest BCUT2D eigenvalue weighted by Gasteiger charge is -2.16. The Morgan fingerprint density at radius 2 is 1.90 bits per heavy atom. The van der Waals surface area contributed by atoms with Crippen molar-refractivity contribution in [3.63, 3.8) is 0 Å². The molecule has 0 aromatic heterocycles. The van der Waals surface area contributed by atoms with E-state index in [1.807, 2.05) is 20.8 Å². The van der Waals surface area contributed by atoms with Gasteiger partial charge in [-0.2, -0.15) is 0 Å². The quantitative estimate of drug-likeness (QED) is 0.554. The molecule has 4 heteroatoms. The molecule has 0 aliphatic heterocycles. The zero-order valence-corrected chi connectivity index (χ0v) is 12.7. The molecule has 4 nitrogen and oxygen atoms in total. The minimum Gasteiger partial charge on any atom is -0.450 e. The van der Waals surface area contributed by atoms with Gasteiger partial charge in [-0.05, 0) is 23.8 Å². The van der Waals surface area contributed by atoms with Crippen LogP contribution in [0.2, 0.25) is 0 Å². The minimum atomic E-state index is -0.757. The lowest BCUT2D eigenvalue weighted by Crippen LogP contribution is -2.23. The minimum absolute atomic E-state index is 0.0222. The Kier molecular flexibility index (Phi) is 5.66. The monoisotopic (exact) mass is 280 g/mol. The van der Waals surface area contributed by atoms with Gasteiger partial charge in [0.15, 0.2) is 11.9 Å². The van der Waals surface area contributed by atoms with E-state index in [0.29, 0.717) is 37.7 Å². The number of ketones is 2. The molecule has 0 saturated heterocycles. The highest BCUT2D eigenvalue weighted by molar-refractivity contribution is 5.91. The molecule has 0 aromatic rings. The smallest absolute Gasteiger partial charge is 0.306 e. The van der Waals surface area contributed by atoms with E-state index >= 15 is 0 Å². The summed E-state index contributed by atoms with van der Waals surface area (Å²) in [6.45, 7) is 9.77. The molecule has 0 N–H and O–H groups in total. The maximum Gasteiger partial charge on any atom is 0.306 e. The molecule has 112 valence electrons. The molecule has 0 heterocycles. The molecule has 1 unspecified atom stereocenters. The average Bonchev–Trinajstić information content (AvgIpc) is 2.58. The molecule has 0 amide bonds. The third kappa shape index (κ3) is 5.68. The van der Waals surface area contributed by atoms with Gasteiger partial charge in [0.05, 0.1) is 0 Å². The first-order valence-electron chi connectivity index (χ1n) is 7.10. The Morgan fingerprint density at radius 1 is 1.25 bits per heavy atom. The zero-order chi connectivity index (χ0) is 15.3. The Labute approximate surface area is 120 Å². The predicted octanol–water partition coefficient (Wildman–Crippen LogP) is 2.99. The summed E-state index contributed by atoms with van der Waals surface area (Å²) in [7, 11) is 0. The van der Waals surface area contributed by atoms with Crippen molar-refractivity contribution >= 4 is 17.5 Å². The van der Waals surface area contributed by atoms with Gasteiger partial charge in [-0.1, -0.05) is 27.4 Å². The topological polar surface area (TPSA) is 60.4 Å². The molecule has 1 rings (SSSR count). The number of Topliss-reactive ketones (excluding diaryl/α,β-unsaturated/α-hetero) is 2. The lowest BCUT2D eigenvalue weighted by molar-refractivity contribution is -0.151. The number of rotatable bonds is 6. The van der Waals surface area contributed by atoms with Crippen LogP contribution >= 0.6 is 0 Å². The second-order valence-electron chi connectivity index (χ2n) is 6.62. The summed E-state index contributed by atoms with van der Waals surface area (Å²) in [6.07, 6.45) is 1.79. The predicted molar refractivity (Wildman–Crippen MR) is 76.2 cm³/mol. The molecule has 1 fully saturated rings. The fraction of sp³-hybridized carbons (Fsp3) is 0.688. The highest BCUT2D eigenvalue weighted by atomic mass is 16.5. The van der Waals surface area contributed by atoms with Crippen LogP contribution in [0.3, 0.4) is 0 Å². The Balaban J connectivity index is 2.25. The number of hydrogen-bond acceptors (Lipinski definition) is 4. The SMILES string of the molecule is C=C1CCC(=O)C1OC(=O)CCCC(=O)CC(C)(C)C. The first kappa shape index (κ1) is 16.6. The largest absolute Gasteiger partial charge is 0.450 e. The third-order valence-electron chi connectivity index (χ3n) is 3.17. The summed E-state index contributed by atoms with van der Waals surface area (Å²) in [5, 5.41) is 0. The number of esters is 1. The van der Waals surface area contributed by atoms with Crippen molar-refractivity contribution < 1.29 is 19.1 Å². The van der Waals surface area contributed by atoms with Crippen molar-refractivity contribution in [2.24, 2.45) is 5.41 Å². The molecule has 0 bridgehead atoms. The molecule has 0 aromatic carbocycles. The van der Waals surface area contributed by atoms with E-state index in [2.05, 4.69) is 6.58 Å². The van der Waals surface area contributed by atoms with E-state index in [1.54, 1.807) is 0 Å². The number of carbonyl (C=O) groups excluding carboxylic acids is 3. The van der Waals surface area contributed by atoms with E-state index in [-0.39, 0.29) is 23.4 Å². The van der Waals surface area contributed by atoms with E-state index in [9.17, 15) is 14.4 Å². The summed E-state index contributed by atoms with van der Waals surface area (Å²) in [6, 6.07) is 0. The van der Waals surface area contributed by atoms with Crippen LogP contribution in [0, 0.1) is 5.41 Å². The summed E-state index contributed by atoms with van der Waals surface area (Å²) < 4.78 is 5.12. The van der Waals surface area contributed by atoms with Gasteiger partial charge in [-0.3, -0.25) is 14.4 Å². The molecular formula is C16H24O4. The van der Waals surface area contributed by atoms with Gasteiger partial charge < -0.3 is 4.74 Å². The number of hydrogen-bond donors (Lipinski definition) is 0. The van der Waals surface area contributed by atoms with Crippen LogP contribution in [0.25, 0.3) is 0 Å². The standard InChI is InChI=1S/C16H24O4/c1-11-8-9-13(18)15(11)20-14(19)7-5-6-12(17)10-16(2,3)4/h15H,1,5-10H2,2-4H3. The van der Waals surface area contributed by atoms with Crippen molar-refractivity contribution in [1.82, 2.24) is 0 Å². The van der Waals surface area contributed by atoms with Crippen molar-refractivity contribution in [1.29, 1.82) is 0 Å². The van der Waals surface area contributed by atoms with Crippen LogP contribution in [-0.2, 0) is 19.1 Å². The second kappa shape index (κ2) is 6.82. The highest BCUT2D eigenvalue weighted by Crippen LogP contribution is 2.24.